The minimum absolute atomic E-state index is 0.171. The molecule has 0 unspecified atom stereocenters. The fourth-order valence-electron chi connectivity index (χ4n) is 2.38. The van der Waals surface area contributed by atoms with Gasteiger partial charge in [0, 0.05) is 32.1 Å². The van der Waals surface area contributed by atoms with Crippen molar-refractivity contribution in [3.8, 4) is 11.6 Å². The number of hydrogen-bond acceptors (Lipinski definition) is 4. The Kier molecular flexibility index (Phi) is 4.79. The average molecular weight is 336 g/mol. The van der Waals surface area contributed by atoms with Crippen LogP contribution < -0.4 is 10.1 Å². The molecule has 3 aromatic rings. The first-order valence-electron chi connectivity index (χ1n) is 7.99. The molecule has 0 aliphatic rings. The zero-order valence-electron chi connectivity index (χ0n) is 14.5. The van der Waals surface area contributed by atoms with Crippen LogP contribution in [0.1, 0.15) is 27.2 Å². The summed E-state index contributed by atoms with van der Waals surface area (Å²) in [4.78, 5) is 16.4. The number of carbonyl (C=O) groups excluding carboxylic acids is 1. The summed E-state index contributed by atoms with van der Waals surface area (Å²) < 4.78 is 7.37. The van der Waals surface area contributed by atoms with Gasteiger partial charge in [-0.05, 0) is 42.7 Å². The van der Waals surface area contributed by atoms with Gasteiger partial charge < -0.3 is 10.1 Å². The largest absolute Gasteiger partial charge is 0.439 e. The zero-order chi connectivity index (χ0) is 17.8. The van der Waals surface area contributed by atoms with Gasteiger partial charge in [0.2, 0.25) is 5.88 Å². The molecule has 25 heavy (non-hydrogen) atoms. The van der Waals surface area contributed by atoms with Gasteiger partial charge in [0.05, 0.1) is 0 Å². The summed E-state index contributed by atoms with van der Waals surface area (Å²) in [5.74, 6) is 1.15. The van der Waals surface area contributed by atoms with Gasteiger partial charge in [-0.2, -0.15) is 5.10 Å². The van der Waals surface area contributed by atoms with E-state index >= 15 is 0 Å². The van der Waals surface area contributed by atoms with Gasteiger partial charge in [-0.1, -0.05) is 18.2 Å². The molecule has 0 aliphatic heterocycles. The molecule has 0 saturated carbocycles. The van der Waals surface area contributed by atoms with Crippen molar-refractivity contribution < 1.29 is 9.53 Å². The number of amides is 1. The summed E-state index contributed by atoms with van der Waals surface area (Å²) in [6.07, 6.45) is 3.29. The van der Waals surface area contributed by atoms with E-state index in [-0.39, 0.29) is 5.91 Å². The van der Waals surface area contributed by atoms with Crippen LogP contribution in [0.5, 0.6) is 11.6 Å². The Hall–Kier alpha value is -3.15. The van der Waals surface area contributed by atoms with E-state index in [1.807, 2.05) is 38.1 Å². The van der Waals surface area contributed by atoms with Gasteiger partial charge in [0.25, 0.3) is 5.91 Å². The van der Waals surface area contributed by atoms with Crippen LogP contribution in [0.25, 0.3) is 0 Å². The first-order valence-corrected chi connectivity index (χ1v) is 7.99. The predicted molar refractivity (Wildman–Crippen MR) is 94.6 cm³/mol. The smallest absolute Gasteiger partial charge is 0.269 e. The van der Waals surface area contributed by atoms with Crippen LogP contribution in [0.2, 0.25) is 0 Å². The van der Waals surface area contributed by atoms with Crippen molar-refractivity contribution in [2.75, 3.05) is 0 Å². The van der Waals surface area contributed by atoms with E-state index in [0.29, 0.717) is 18.1 Å². The van der Waals surface area contributed by atoms with Crippen LogP contribution >= 0.6 is 0 Å². The molecule has 0 aliphatic carbocycles. The van der Waals surface area contributed by atoms with Crippen molar-refractivity contribution in [2.45, 2.75) is 20.4 Å². The highest BCUT2D eigenvalue weighted by Crippen LogP contribution is 2.24. The molecule has 0 radical (unpaired) electrons. The van der Waals surface area contributed by atoms with E-state index in [9.17, 15) is 4.79 Å². The minimum Gasteiger partial charge on any atom is -0.439 e. The highest BCUT2D eigenvalue weighted by molar-refractivity contribution is 5.92. The maximum atomic E-state index is 12.1. The summed E-state index contributed by atoms with van der Waals surface area (Å²) in [5, 5.41) is 6.83. The van der Waals surface area contributed by atoms with Gasteiger partial charge in [-0.3, -0.25) is 9.48 Å². The number of hydrogen-bond donors (Lipinski definition) is 1. The summed E-state index contributed by atoms with van der Waals surface area (Å²) >= 11 is 0. The minimum atomic E-state index is -0.171. The van der Waals surface area contributed by atoms with Crippen LogP contribution in [0.3, 0.4) is 0 Å². The maximum Gasteiger partial charge on any atom is 0.269 e. The number of nitrogens with one attached hydrogen (secondary N) is 1. The third kappa shape index (κ3) is 4.03. The van der Waals surface area contributed by atoms with E-state index in [0.717, 1.165) is 22.4 Å². The lowest BCUT2D eigenvalue weighted by Gasteiger charge is -2.09. The van der Waals surface area contributed by atoms with Crippen LogP contribution in [-0.2, 0) is 13.6 Å². The molecule has 0 spiro atoms. The number of nitrogens with zero attached hydrogens (tertiary/aromatic N) is 3. The summed E-state index contributed by atoms with van der Waals surface area (Å²) in [6.45, 7) is 4.41. The van der Waals surface area contributed by atoms with Crippen molar-refractivity contribution in [2.24, 2.45) is 7.05 Å². The van der Waals surface area contributed by atoms with E-state index < -0.39 is 0 Å². The van der Waals surface area contributed by atoms with Gasteiger partial charge in [0.15, 0.2) is 0 Å². The Morgan fingerprint density at radius 3 is 2.72 bits per heavy atom. The molecule has 2 aromatic heterocycles. The molecule has 6 nitrogen and oxygen atoms in total. The van der Waals surface area contributed by atoms with Crippen molar-refractivity contribution in [3.05, 3.63) is 71.2 Å². The number of benzene rings is 1. The number of aryl methyl sites for hydroxylation is 3. The third-order valence-electron chi connectivity index (χ3n) is 3.86. The third-order valence-corrected chi connectivity index (χ3v) is 3.86. The predicted octanol–water partition coefficient (Wildman–Crippen LogP) is 3.15. The lowest BCUT2D eigenvalue weighted by atomic mass is 10.1. The van der Waals surface area contributed by atoms with Gasteiger partial charge in [0.1, 0.15) is 11.4 Å². The van der Waals surface area contributed by atoms with E-state index in [2.05, 4.69) is 15.4 Å². The number of aromatic nitrogens is 3. The fraction of sp³-hybridized carbons (Fsp3) is 0.211. The average Bonchev–Trinajstić information content (AvgIpc) is 3.03. The molecule has 1 amide bonds. The lowest BCUT2D eigenvalue weighted by Crippen LogP contribution is -2.25. The van der Waals surface area contributed by atoms with E-state index in [4.69, 9.17) is 4.74 Å². The molecule has 0 atom stereocenters. The molecule has 1 aromatic carbocycles. The van der Waals surface area contributed by atoms with Gasteiger partial charge >= 0.3 is 0 Å². The maximum absolute atomic E-state index is 12.1. The molecular formula is C19H20N4O2. The van der Waals surface area contributed by atoms with Gasteiger partial charge in [-0.25, -0.2) is 4.98 Å². The van der Waals surface area contributed by atoms with Crippen LogP contribution in [0, 0.1) is 13.8 Å². The summed E-state index contributed by atoms with van der Waals surface area (Å²) in [6, 6.07) is 11.4. The second-order valence-electron chi connectivity index (χ2n) is 5.90. The van der Waals surface area contributed by atoms with Crippen LogP contribution in [-0.4, -0.2) is 20.7 Å². The standard InChI is InChI=1S/C19H20N4O2/c1-13-4-5-14(2)17(10-13)25-18-7-6-15(11-20-18)12-21-19(24)16-8-9-22-23(16)3/h4-11H,12H2,1-3H3,(H,21,24). The Morgan fingerprint density at radius 1 is 1.20 bits per heavy atom. The number of rotatable bonds is 5. The molecule has 128 valence electrons. The fourth-order valence-corrected chi connectivity index (χ4v) is 2.38. The first kappa shape index (κ1) is 16.7. The highest BCUT2D eigenvalue weighted by Gasteiger charge is 2.09. The van der Waals surface area contributed by atoms with Crippen molar-refractivity contribution >= 4 is 5.91 Å². The lowest BCUT2D eigenvalue weighted by molar-refractivity contribution is 0.0941. The number of pyridine rings is 1. The molecule has 0 bridgehead atoms. The molecule has 0 saturated heterocycles. The Balaban J connectivity index is 1.61. The van der Waals surface area contributed by atoms with E-state index in [1.165, 1.54) is 4.68 Å². The molecular weight excluding hydrogens is 316 g/mol. The molecule has 1 N–H and O–H groups in total. The Bertz CT molecular complexity index is 885. The number of carbonyl (C=O) groups is 1. The van der Waals surface area contributed by atoms with Crippen molar-refractivity contribution in [1.29, 1.82) is 0 Å². The molecule has 0 fully saturated rings. The SMILES string of the molecule is Cc1ccc(C)c(Oc2ccc(CNC(=O)c3ccnn3C)cn2)c1. The Morgan fingerprint density at radius 2 is 2.04 bits per heavy atom. The zero-order valence-corrected chi connectivity index (χ0v) is 14.5. The molecule has 6 heteroatoms. The van der Waals surface area contributed by atoms with Crippen LogP contribution in [0.15, 0.2) is 48.8 Å². The second kappa shape index (κ2) is 7.17. The van der Waals surface area contributed by atoms with Gasteiger partial charge in [-0.15, -0.1) is 0 Å². The molecule has 2 heterocycles. The van der Waals surface area contributed by atoms with E-state index in [1.54, 1.807) is 31.6 Å². The normalized spacial score (nSPS) is 10.5. The Labute approximate surface area is 146 Å². The van der Waals surface area contributed by atoms with Crippen molar-refractivity contribution in [3.63, 3.8) is 0 Å². The summed E-state index contributed by atoms with van der Waals surface area (Å²) in [7, 11) is 1.73. The highest BCUT2D eigenvalue weighted by atomic mass is 16.5. The number of ether oxygens (including phenoxy) is 1. The monoisotopic (exact) mass is 336 g/mol. The second-order valence-corrected chi connectivity index (χ2v) is 5.90. The topological polar surface area (TPSA) is 69.0 Å². The quantitative estimate of drug-likeness (QED) is 0.777. The van der Waals surface area contributed by atoms with Crippen molar-refractivity contribution in [1.82, 2.24) is 20.1 Å². The van der Waals surface area contributed by atoms with Crippen LogP contribution in [0.4, 0.5) is 0 Å². The molecule has 3 rings (SSSR count). The first-order chi connectivity index (χ1) is 12.0. The summed E-state index contributed by atoms with van der Waals surface area (Å²) in [5.41, 5.74) is 3.60.